The molecular formula is C55H41N. The fraction of sp³-hybridized carbons (Fsp3) is 0.0545. The van der Waals surface area contributed by atoms with E-state index in [1.165, 1.54) is 88.2 Å². The first-order valence-corrected chi connectivity index (χ1v) is 19.6. The van der Waals surface area contributed by atoms with Crippen molar-refractivity contribution in [2.75, 3.05) is 4.90 Å². The lowest BCUT2D eigenvalue weighted by Crippen LogP contribution is -2.21. The maximum Gasteiger partial charge on any atom is 0.0536 e. The van der Waals surface area contributed by atoms with Gasteiger partial charge in [0.15, 0.2) is 0 Å². The van der Waals surface area contributed by atoms with Gasteiger partial charge in [-0.25, -0.2) is 0 Å². The van der Waals surface area contributed by atoms with E-state index < -0.39 is 0 Å². The molecule has 10 rings (SSSR count). The van der Waals surface area contributed by atoms with E-state index in [4.69, 9.17) is 0 Å². The van der Waals surface area contributed by atoms with Gasteiger partial charge in [-0.05, 0) is 120 Å². The average molecular weight is 716 g/mol. The van der Waals surface area contributed by atoms with Crippen LogP contribution in [0.15, 0.2) is 218 Å². The highest BCUT2D eigenvalue weighted by Gasteiger charge is 2.23. The van der Waals surface area contributed by atoms with Crippen molar-refractivity contribution in [2.24, 2.45) is 5.92 Å². The fourth-order valence-electron chi connectivity index (χ4n) is 8.65. The Balaban J connectivity index is 1.07. The third-order valence-corrected chi connectivity index (χ3v) is 11.3. The molecule has 0 saturated carbocycles. The number of allylic oxidation sites excluding steroid dienone is 4. The van der Waals surface area contributed by atoms with Gasteiger partial charge >= 0.3 is 0 Å². The van der Waals surface area contributed by atoms with E-state index in [1.54, 1.807) is 0 Å². The van der Waals surface area contributed by atoms with Gasteiger partial charge in [0.1, 0.15) is 0 Å². The molecule has 1 nitrogen and oxygen atoms in total. The summed E-state index contributed by atoms with van der Waals surface area (Å²) < 4.78 is 0. The molecule has 0 heterocycles. The van der Waals surface area contributed by atoms with E-state index in [-0.39, 0.29) is 0 Å². The Morgan fingerprint density at radius 2 is 1.02 bits per heavy atom. The molecule has 1 heteroatoms. The minimum atomic E-state index is 0.352. The number of nitrogens with zero attached hydrogens (tertiary/aromatic N) is 1. The first-order chi connectivity index (χ1) is 27.7. The van der Waals surface area contributed by atoms with Crippen molar-refractivity contribution in [3.05, 3.63) is 224 Å². The highest BCUT2D eigenvalue weighted by Crippen LogP contribution is 2.43. The molecule has 1 unspecified atom stereocenters. The van der Waals surface area contributed by atoms with E-state index in [0.717, 1.165) is 12.1 Å². The van der Waals surface area contributed by atoms with Crippen LogP contribution < -0.4 is 4.90 Å². The Bertz CT molecular complexity index is 2940. The summed E-state index contributed by atoms with van der Waals surface area (Å²) in [5, 5.41) is 7.65. The van der Waals surface area contributed by atoms with Crippen LogP contribution in [-0.4, -0.2) is 0 Å². The average Bonchev–Trinajstić information content (AvgIpc) is 3.26. The fourth-order valence-corrected chi connectivity index (χ4v) is 8.65. The lowest BCUT2D eigenvalue weighted by Gasteiger charge is -2.33. The van der Waals surface area contributed by atoms with Gasteiger partial charge in [0.2, 0.25) is 0 Å². The summed E-state index contributed by atoms with van der Waals surface area (Å²) >= 11 is 0. The highest BCUT2D eigenvalue weighted by atomic mass is 15.2. The van der Waals surface area contributed by atoms with E-state index in [2.05, 4.69) is 224 Å². The molecule has 9 aromatic carbocycles. The van der Waals surface area contributed by atoms with Crippen LogP contribution in [0, 0.1) is 5.92 Å². The third-order valence-electron chi connectivity index (χ3n) is 11.3. The molecule has 0 fully saturated rings. The summed E-state index contributed by atoms with van der Waals surface area (Å²) in [6, 6.07) is 73.1. The number of anilines is 2. The van der Waals surface area contributed by atoms with Gasteiger partial charge < -0.3 is 4.90 Å². The number of para-hydroxylation sites is 1. The molecule has 1 aliphatic rings. The Morgan fingerprint density at radius 1 is 0.411 bits per heavy atom. The summed E-state index contributed by atoms with van der Waals surface area (Å²) in [5.41, 5.74) is 13.4. The summed E-state index contributed by atoms with van der Waals surface area (Å²) in [6.07, 6.45) is 5.79. The molecule has 0 radical (unpaired) electrons. The van der Waals surface area contributed by atoms with E-state index in [0.29, 0.717) is 5.92 Å². The molecule has 9 aromatic rings. The smallest absolute Gasteiger partial charge is 0.0536 e. The zero-order chi connectivity index (χ0) is 37.4. The van der Waals surface area contributed by atoms with Crippen LogP contribution in [0.5, 0.6) is 0 Å². The standard InChI is InChI=1S/C55H41N/c1-38-33-47(43-18-11-19-45(35-43)52-23-12-17-40-15-5-7-20-50(40)52)37-49(34-38)56(55-24-10-9-22-54(55)41-13-3-2-4-14-41)48-30-27-39(28-31-48)44-29-32-53-46(36-44)26-25-42-16-6-8-21-51(42)53/h2-33,35-38H,34H2,1H3. The molecule has 0 saturated heterocycles. The topological polar surface area (TPSA) is 3.24 Å². The molecule has 0 aromatic heterocycles. The molecule has 266 valence electrons. The Labute approximate surface area is 329 Å². The predicted octanol–water partition coefficient (Wildman–Crippen LogP) is 15.3. The highest BCUT2D eigenvalue weighted by molar-refractivity contribution is 6.08. The lowest BCUT2D eigenvalue weighted by molar-refractivity contribution is 0.699. The number of hydrogen-bond donors (Lipinski definition) is 0. The number of hydrogen-bond acceptors (Lipinski definition) is 1. The lowest BCUT2D eigenvalue weighted by atomic mass is 9.88. The van der Waals surface area contributed by atoms with Crippen molar-refractivity contribution < 1.29 is 0 Å². The monoisotopic (exact) mass is 715 g/mol. The number of rotatable bonds is 7. The zero-order valence-corrected chi connectivity index (χ0v) is 31.4. The van der Waals surface area contributed by atoms with Gasteiger partial charge in [0.25, 0.3) is 0 Å². The summed E-state index contributed by atoms with van der Waals surface area (Å²) in [7, 11) is 0. The summed E-state index contributed by atoms with van der Waals surface area (Å²) in [4.78, 5) is 2.50. The van der Waals surface area contributed by atoms with E-state index >= 15 is 0 Å². The molecule has 0 aliphatic heterocycles. The second kappa shape index (κ2) is 14.4. The Kier molecular flexibility index (Phi) is 8.61. The van der Waals surface area contributed by atoms with Gasteiger partial charge in [-0.1, -0.05) is 183 Å². The molecule has 0 spiro atoms. The molecular weight excluding hydrogens is 675 g/mol. The summed E-state index contributed by atoms with van der Waals surface area (Å²) in [6.45, 7) is 2.34. The van der Waals surface area contributed by atoms with Gasteiger partial charge in [-0.15, -0.1) is 0 Å². The van der Waals surface area contributed by atoms with Crippen molar-refractivity contribution in [1.82, 2.24) is 0 Å². The van der Waals surface area contributed by atoms with Crippen LogP contribution in [0.2, 0.25) is 0 Å². The van der Waals surface area contributed by atoms with Crippen LogP contribution >= 0.6 is 0 Å². The second-order valence-electron chi connectivity index (χ2n) is 15.0. The van der Waals surface area contributed by atoms with Gasteiger partial charge in [-0.2, -0.15) is 0 Å². The van der Waals surface area contributed by atoms with Crippen molar-refractivity contribution in [3.63, 3.8) is 0 Å². The molecule has 1 aliphatic carbocycles. The first kappa shape index (κ1) is 33.6. The maximum atomic E-state index is 2.50. The van der Waals surface area contributed by atoms with E-state index in [9.17, 15) is 0 Å². The second-order valence-corrected chi connectivity index (χ2v) is 15.0. The van der Waals surface area contributed by atoms with Crippen molar-refractivity contribution in [3.8, 4) is 33.4 Å². The number of benzene rings is 9. The number of fused-ring (bicyclic) bond motifs is 4. The van der Waals surface area contributed by atoms with Crippen LogP contribution in [0.3, 0.4) is 0 Å². The van der Waals surface area contributed by atoms with Crippen molar-refractivity contribution >= 4 is 49.3 Å². The van der Waals surface area contributed by atoms with Crippen molar-refractivity contribution in [1.29, 1.82) is 0 Å². The minimum absolute atomic E-state index is 0.352. The molecule has 0 bridgehead atoms. The maximum absolute atomic E-state index is 2.50. The SMILES string of the molecule is CC1C=C(c2cccc(-c3cccc4ccccc34)c2)C=C(N(c2ccc(-c3ccc4c(ccc5ccccc54)c3)cc2)c2ccccc2-c2ccccc2)C1. The van der Waals surface area contributed by atoms with Crippen LogP contribution in [-0.2, 0) is 0 Å². The zero-order valence-electron chi connectivity index (χ0n) is 31.4. The predicted molar refractivity (Wildman–Crippen MR) is 240 cm³/mol. The van der Waals surface area contributed by atoms with Crippen LogP contribution in [0.4, 0.5) is 11.4 Å². The van der Waals surface area contributed by atoms with Crippen LogP contribution in [0.25, 0.3) is 71.3 Å². The Morgan fingerprint density at radius 3 is 1.88 bits per heavy atom. The normalized spacial score (nSPS) is 14.1. The largest absolute Gasteiger partial charge is 0.314 e. The van der Waals surface area contributed by atoms with Crippen molar-refractivity contribution in [2.45, 2.75) is 13.3 Å². The molecule has 0 N–H and O–H groups in total. The van der Waals surface area contributed by atoms with Gasteiger partial charge in [0, 0.05) is 16.9 Å². The molecule has 56 heavy (non-hydrogen) atoms. The van der Waals surface area contributed by atoms with Gasteiger partial charge in [0.05, 0.1) is 5.69 Å². The molecule has 1 atom stereocenters. The van der Waals surface area contributed by atoms with Crippen LogP contribution in [0.1, 0.15) is 18.9 Å². The first-order valence-electron chi connectivity index (χ1n) is 19.6. The minimum Gasteiger partial charge on any atom is -0.314 e. The molecule has 0 amide bonds. The summed E-state index contributed by atoms with van der Waals surface area (Å²) in [5.74, 6) is 0.352. The third kappa shape index (κ3) is 6.28. The van der Waals surface area contributed by atoms with E-state index in [1.807, 2.05) is 0 Å². The quantitative estimate of drug-likeness (QED) is 0.149. The Hall–Kier alpha value is -6.96. The van der Waals surface area contributed by atoms with Gasteiger partial charge in [-0.3, -0.25) is 0 Å².